The van der Waals surface area contributed by atoms with Crippen molar-refractivity contribution in [2.75, 3.05) is 0 Å². The summed E-state index contributed by atoms with van der Waals surface area (Å²) in [5.41, 5.74) is 2.01. The van der Waals surface area contributed by atoms with Gasteiger partial charge in [0.1, 0.15) is 5.75 Å². The Kier molecular flexibility index (Phi) is 3.53. The topological polar surface area (TPSA) is 29.5 Å². The second-order valence-corrected chi connectivity index (χ2v) is 4.96. The van der Waals surface area contributed by atoms with Crippen LogP contribution in [0.3, 0.4) is 0 Å². The van der Waals surface area contributed by atoms with Gasteiger partial charge in [0.2, 0.25) is 0 Å². The van der Waals surface area contributed by atoms with E-state index in [0.29, 0.717) is 11.7 Å². The molecular weight excluding hydrogens is 212 g/mol. The van der Waals surface area contributed by atoms with Crippen molar-refractivity contribution in [3.8, 4) is 5.75 Å². The summed E-state index contributed by atoms with van der Waals surface area (Å²) >= 11 is 0. The van der Waals surface area contributed by atoms with E-state index < -0.39 is 0 Å². The number of phenols is 1. The van der Waals surface area contributed by atoms with Gasteiger partial charge in [-0.3, -0.25) is 0 Å². The molecule has 1 aliphatic heterocycles. The zero-order valence-corrected chi connectivity index (χ0v) is 10.5. The van der Waals surface area contributed by atoms with E-state index in [1.165, 1.54) is 0 Å². The van der Waals surface area contributed by atoms with E-state index in [1.807, 2.05) is 25.1 Å². The SMILES string of the molecule is C=C(C)[C@H]1CC[C@H](C)O[C@@H]1c1ccccc1O. The van der Waals surface area contributed by atoms with Crippen molar-refractivity contribution in [3.05, 3.63) is 42.0 Å². The van der Waals surface area contributed by atoms with Crippen molar-refractivity contribution < 1.29 is 9.84 Å². The van der Waals surface area contributed by atoms with Crippen LogP contribution in [0.4, 0.5) is 0 Å². The molecule has 3 atom stereocenters. The van der Waals surface area contributed by atoms with E-state index in [2.05, 4.69) is 13.5 Å². The van der Waals surface area contributed by atoms with Gasteiger partial charge in [-0.1, -0.05) is 30.4 Å². The fraction of sp³-hybridized carbons (Fsp3) is 0.467. The zero-order chi connectivity index (χ0) is 12.4. The molecule has 0 aromatic heterocycles. The van der Waals surface area contributed by atoms with Gasteiger partial charge in [0.15, 0.2) is 0 Å². The number of phenolic OH excluding ortho intramolecular Hbond substituents is 1. The van der Waals surface area contributed by atoms with E-state index in [-0.39, 0.29) is 12.2 Å². The summed E-state index contributed by atoms with van der Waals surface area (Å²) in [6.45, 7) is 8.17. The van der Waals surface area contributed by atoms with Gasteiger partial charge in [-0.05, 0) is 32.8 Å². The molecule has 1 heterocycles. The van der Waals surface area contributed by atoms with Crippen LogP contribution in [-0.2, 0) is 4.74 Å². The Labute approximate surface area is 103 Å². The molecule has 0 aliphatic carbocycles. The van der Waals surface area contributed by atoms with Crippen molar-refractivity contribution in [2.24, 2.45) is 5.92 Å². The fourth-order valence-electron chi connectivity index (χ4n) is 2.50. The van der Waals surface area contributed by atoms with Gasteiger partial charge >= 0.3 is 0 Å². The summed E-state index contributed by atoms with van der Waals surface area (Å²) in [5.74, 6) is 0.623. The molecule has 0 unspecified atom stereocenters. The molecule has 1 fully saturated rings. The maximum absolute atomic E-state index is 9.94. The van der Waals surface area contributed by atoms with Crippen molar-refractivity contribution >= 4 is 0 Å². The highest BCUT2D eigenvalue weighted by molar-refractivity contribution is 5.35. The van der Waals surface area contributed by atoms with Crippen LogP contribution in [0.1, 0.15) is 38.4 Å². The van der Waals surface area contributed by atoms with E-state index in [9.17, 15) is 5.11 Å². The number of para-hydroxylation sites is 1. The minimum atomic E-state index is -0.0579. The molecule has 0 saturated carbocycles. The van der Waals surface area contributed by atoms with Gasteiger partial charge in [0.25, 0.3) is 0 Å². The number of hydrogen-bond acceptors (Lipinski definition) is 2. The van der Waals surface area contributed by atoms with E-state index in [0.717, 1.165) is 24.0 Å². The van der Waals surface area contributed by atoms with Gasteiger partial charge in [-0.2, -0.15) is 0 Å². The molecule has 2 rings (SSSR count). The number of hydrogen-bond donors (Lipinski definition) is 1. The zero-order valence-electron chi connectivity index (χ0n) is 10.5. The maximum atomic E-state index is 9.94. The normalized spacial score (nSPS) is 28.9. The summed E-state index contributed by atoms with van der Waals surface area (Å²) in [6, 6.07) is 7.43. The van der Waals surface area contributed by atoms with Crippen LogP contribution in [0.25, 0.3) is 0 Å². The Balaban J connectivity index is 2.32. The number of ether oxygens (including phenoxy) is 1. The van der Waals surface area contributed by atoms with E-state index in [1.54, 1.807) is 6.07 Å². The largest absolute Gasteiger partial charge is 0.508 e. The highest BCUT2D eigenvalue weighted by Crippen LogP contribution is 2.42. The third kappa shape index (κ3) is 2.52. The Morgan fingerprint density at radius 2 is 2.06 bits per heavy atom. The van der Waals surface area contributed by atoms with Gasteiger partial charge in [-0.25, -0.2) is 0 Å². The van der Waals surface area contributed by atoms with Crippen molar-refractivity contribution in [1.29, 1.82) is 0 Å². The molecule has 0 radical (unpaired) electrons. The molecule has 17 heavy (non-hydrogen) atoms. The summed E-state index contributed by atoms with van der Waals surface area (Å²) in [7, 11) is 0. The standard InChI is InChI=1S/C15H20O2/c1-10(2)12-9-8-11(3)17-15(12)13-6-4-5-7-14(13)16/h4-7,11-12,15-16H,1,8-9H2,2-3H3/t11-,12+,15-/m0/s1. The quantitative estimate of drug-likeness (QED) is 0.785. The first kappa shape index (κ1) is 12.2. The first-order chi connectivity index (χ1) is 8.09. The molecule has 1 aromatic carbocycles. The summed E-state index contributed by atoms with van der Waals surface area (Å²) in [6.07, 6.45) is 2.32. The first-order valence-electron chi connectivity index (χ1n) is 6.18. The van der Waals surface area contributed by atoms with Crippen LogP contribution in [-0.4, -0.2) is 11.2 Å². The minimum absolute atomic E-state index is 0.0579. The highest BCUT2D eigenvalue weighted by Gasteiger charge is 2.32. The molecular formula is C15H20O2. The Hall–Kier alpha value is -1.28. The van der Waals surface area contributed by atoms with Gasteiger partial charge < -0.3 is 9.84 Å². The molecule has 2 heteroatoms. The Bertz CT molecular complexity index is 411. The molecule has 1 aromatic rings. The monoisotopic (exact) mass is 232 g/mol. The number of rotatable bonds is 2. The number of aromatic hydroxyl groups is 1. The molecule has 0 bridgehead atoms. The van der Waals surface area contributed by atoms with Crippen LogP contribution in [0, 0.1) is 5.92 Å². The van der Waals surface area contributed by atoms with Crippen molar-refractivity contribution in [1.82, 2.24) is 0 Å². The maximum Gasteiger partial charge on any atom is 0.121 e. The lowest BCUT2D eigenvalue weighted by molar-refractivity contribution is -0.0680. The smallest absolute Gasteiger partial charge is 0.121 e. The molecule has 2 nitrogen and oxygen atoms in total. The Morgan fingerprint density at radius 3 is 2.71 bits per heavy atom. The number of benzene rings is 1. The van der Waals surface area contributed by atoms with Crippen LogP contribution in [0.2, 0.25) is 0 Å². The van der Waals surface area contributed by atoms with Crippen LogP contribution < -0.4 is 0 Å². The first-order valence-corrected chi connectivity index (χ1v) is 6.18. The molecule has 0 spiro atoms. The molecule has 92 valence electrons. The fourth-order valence-corrected chi connectivity index (χ4v) is 2.50. The second kappa shape index (κ2) is 4.92. The van der Waals surface area contributed by atoms with Gasteiger partial charge in [0, 0.05) is 11.5 Å². The molecule has 1 N–H and O–H groups in total. The van der Waals surface area contributed by atoms with E-state index in [4.69, 9.17) is 4.74 Å². The predicted molar refractivity (Wildman–Crippen MR) is 68.9 cm³/mol. The summed E-state index contributed by atoms with van der Waals surface area (Å²) < 4.78 is 6.01. The van der Waals surface area contributed by atoms with Crippen LogP contribution in [0.15, 0.2) is 36.4 Å². The average molecular weight is 232 g/mol. The average Bonchev–Trinajstić information content (AvgIpc) is 2.29. The lowest BCUT2D eigenvalue weighted by Crippen LogP contribution is -2.28. The van der Waals surface area contributed by atoms with Crippen LogP contribution >= 0.6 is 0 Å². The third-order valence-electron chi connectivity index (χ3n) is 3.50. The lowest BCUT2D eigenvalue weighted by atomic mass is 9.83. The van der Waals surface area contributed by atoms with E-state index >= 15 is 0 Å². The molecule has 1 saturated heterocycles. The highest BCUT2D eigenvalue weighted by atomic mass is 16.5. The van der Waals surface area contributed by atoms with Crippen molar-refractivity contribution in [2.45, 2.75) is 38.9 Å². The van der Waals surface area contributed by atoms with Crippen LogP contribution in [0.5, 0.6) is 5.75 Å². The molecule has 0 amide bonds. The third-order valence-corrected chi connectivity index (χ3v) is 3.50. The van der Waals surface area contributed by atoms with Crippen molar-refractivity contribution in [3.63, 3.8) is 0 Å². The predicted octanol–water partition coefficient (Wildman–Crippen LogP) is 3.82. The van der Waals surface area contributed by atoms with Gasteiger partial charge in [-0.15, -0.1) is 0 Å². The summed E-state index contributed by atoms with van der Waals surface area (Å²) in [4.78, 5) is 0. The molecule has 1 aliphatic rings. The Morgan fingerprint density at radius 1 is 1.35 bits per heavy atom. The minimum Gasteiger partial charge on any atom is -0.508 e. The van der Waals surface area contributed by atoms with Gasteiger partial charge in [0.05, 0.1) is 12.2 Å². The lowest BCUT2D eigenvalue weighted by Gasteiger charge is -2.36. The summed E-state index contributed by atoms with van der Waals surface area (Å²) in [5, 5.41) is 9.94. The second-order valence-electron chi connectivity index (χ2n) is 4.96.